The zero-order chi connectivity index (χ0) is 27.6. The summed E-state index contributed by atoms with van der Waals surface area (Å²) in [5.74, 6) is -1.34. The quantitative estimate of drug-likeness (QED) is 0.141. The monoisotopic (exact) mass is 525 g/mol. The lowest BCUT2D eigenvalue weighted by Gasteiger charge is -2.16. The van der Waals surface area contributed by atoms with Crippen molar-refractivity contribution in [2.75, 3.05) is 19.8 Å². The standard InChI is InChI=1S/C26H39NO10/c1-5-7-9-13-32-25(30)36-22-12-11-20(16-23(22)37-26(31)33-14-10-8-6-2)15-21(27)24(29)34-17-18(3)35-19(4)28/h11-12,16,18,21H,5-10,13-15,17,27H2,1-4H3/t18-,21-/m0/s1. The highest BCUT2D eigenvalue weighted by molar-refractivity contribution is 5.76. The lowest BCUT2D eigenvalue weighted by atomic mass is 10.1. The van der Waals surface area contributed by atoms with Crippen LogP contribution in [0.4, 0.5) is 9.59 Å². The second-order valence-corrected chi connectivity index (χ2v) is 8.46. The van der Waals surface area contributed by atoms with Crippen LogP contribution in [-0.4, -0.2) is 56.2 Å². The summed E-state index contributed by atoms with van der Waals surface area (Å²) >= 11 is 0. The molecule has 0 radical (unpaired) electrons. The molecule has 1 aromatic carbocycles. The Morgan fingerprint density at radius 1 is 0.838 bits per heavy atom. The molecule has 0 aliphatic rings. The molecule has 2 atom stereocenters. The van der Waals surface area contributed by atoms with E-state index in [-0.39, 0.29) is 37.7 Å². The van der Waals surface area contributed by atoms with Crippen LogP contribution in [0.25, 0.3) is 0 Å². The van der Waals surface area contributed by atoms with Gasteiger partial charge in [0.2, 0.25) is 0 Å². The fourth-order valence-electron chi connectivity index (χ4n) is 3.06. The van der Waals surface area contributed by atoms with Gasteiger partial charge in [0.25, 0.3) is 0 Å². The smallest absolute Gasteiger partial charge is 0.461 e. The zero-order valence-corrected chi connectivity index (χ0v) is 22.1. The molecule has 0 saturated heterocycles. The third kappa shape index (κ3) is 14.1. The third-order valence-electron chi connectivity index (χ3n) is 4.92. The Bertz CT molecular complexity index is 873. The maximum Gasteiger partial charge on any atom is 0.513 e. The number of ether oxygens (including phenoxy) is 6. The van der Waals surface area contributed by atoms with Crippen molar-refractivity contribution in [3.05, 3.63) is 23.8 Å². The molecule has 0 aromatic heterocycles. The van der Waals surface area contributed by atoms with Crippen molar-refractivity contribution in [1.29, 1.82) is 0 Å². The van der Waals surface area contributed by atoms with Crippen LogP contribution in [0.5, 0.6) is 11.5 Å². The average molecular weight is 526 g/mol. The second kappa shape index (κ2) is 18.0. The van der Waals surface area contributed by atoms with Gasteiger partial charge >= 0.3 is 24.2 Å². The topological polar surface area (TPSA) is 150 Å². The maximum atomic E-state index is 12.3. The van der Waals surface area contributed by atoms with Crippen molar-refractivity contribution in [2.24, 2.45) is 5.73 Å². The molecular formula is C26H39NO10. The highest BCUT2D eigenvalue weighted by Gasteiger charge is 2.21. The van der Waals surface area contributed by atoms with Crippen LogP contribution in [-0.2, 0) is 35.0 Å². The van der Waals surface area contributed by atoms with Gasteiger partial charge in [-0.25, -0.2) is 9.59 Å². The van der Waals surface area contributed by atoms with Crippen molar-refractivity contribution in [1.82, 2.24) is 0 Å². The number of benzene rings is 1. The number of hydrogen-bond acceptors (Lipinski definition) is 11. The molecule has 37 heavy (non-hydrogen) atoms. The summed E-state index contributed by atoms with van der Waals surface area (Å²) in [5.41, 5.74) is 6.47. The summed E-state index contributed by atoms with van der Waals surface area (Å²) < 4.78 is 30.6. The van der Waals surface area contributed by atoms with Crippen LogP contribution in [0.15, 0.2) is 18.2 Å². The Morgan fingerprint density at radius 3 is 1.95 bits per heavy atom. The van der Waals surface area contributed by atoms with E-state index in [1.54, 1.807) is 13.0 Å². The summed E-state index contributed by atoms with van der Waals surface area (Å²) in [6.07, 6.45) is 2.64. The number of carbonyl (C=O) groups is 4. The summed E-state index contributed by atoms with van der Waals surface area (Å²) in [6, 6.07) is 3.34. The third-order valence-corrected chi connectivity index (χ3v) is 4.92. The number of rotatable bonds is 16. The molecule has 11 heteroatoms. The van der Waals surface area contributed by atoms with E-state index in [9.17, 15) is 19.2 Å². The Labute approximate surface area is 217 Å². The molecule has 0 aliphatic heterocycles. The maximum absolute atomic E-state index is 12.3. The number of carbonyl (C=O) groups excluding carboxylic acids is 4. The number of hydrogen-bond donors (Lipinski definition) is 1. The van der Waals surface area contributed by atoms with Gasteiger partial charge in [-0.2, -0.15) is 0 Å². The Morgan fingerprint density at radius 2 is 1.41 bits per heavy atom. The van der Waals surface area contributed by atoms with Crippen molar-refractivity contribution in [3.8, 4) is 11.5 Å². The molecule has 2 N–H and O–H groups in total. The number of esters is 2. The van der Waals surface area contributed by atoms with Crippen LogP contribution in [0, 0.1) is 0 Å². The van der Waals surface area contributed by atoms with Crippen molar-refractivity contribution in [2.45, 2.75) is 84.8 Å². The predicted molar refractivity (Wildman–Crippen MR) is 133 cm³/mol. The van der Waals surface area contributed by atoms with Gasteiger partial charge in [0, 0.05) is 6.92 Å². The fraction of sp³-hybridized carbons (Fsp3) is 0.615. The van der Waals surface area contributed by atoms with E-state index < -0.39 is 36.4 Å². The first-order chi connectivity index (χ1) is 17.7. The second-order valence-electron chi connectivity index (χ2n) is 8.46. The molecule has 0 spiro atoms. The molecule has 208 valence electrons. The minimum absolute atomic E-state index is 0.0322. The van der Waals surface area contributed by atoms with E-state index in [1.807, 2.05) is 13.8 Å². The summed E-state index contributed by atoms with van der Waals surface area (Å²) in [6.45, 7) is 7.13. The van der Waals surface area contributed by atoms with E-state index >= 15 is 0 Å². The van der Waals surface area contributed by atoms with E-state index in [4.69, 9.17) is 34.2 Å². The van der Waals surface area contributed by atoms with E-state index in [0.717, 1.165) is 25.7 Å². The lowest BCUT2D eigenvalue weighted by molar-refractivity contribution is -0.157. The minimum Gasteiger partial charge on any atom is -0.461 e. The van der Waals surface area contributed by atoms with Gasteiger partial charge in [0.05, 0.1) is 13.2 Å². The fourth-order valence-corrected chi connectivity index (χ4v) is 3.06. The average Bonchev–Trinajstić information content (AvgIpc) is 2.84. The molecule has 0 amide bonds. The lowest BCUT2D eigenvalue weighted by Crippen LogP contribution is -2.36. The zero-order valence-electron chi connectivity index (χ0n) is 22.1. The normalized spacial score (nSPS) is 12.1. The van der Waals surface area contributed by atoms with Gasteiger partial charge in [0.15, 0.2) is 11.5 Å². The summed E-state index contributed by atoms with van der Waals surface area (Å²) in [5, 5.41) is 0. The van der Waals surface area contributed by atoms with Gasteiger partial charge in [-0.15, -0.1) is 0 Å². The molecule has 0 saturated carbocycles. The predicted octanol–water partition coefficient (Wildman–Crippen LogP) is 4.46. The summed E-state index contributed by atoms with van der Waals surface area (Å²) in [7, 11) is 0. The van der Waals surface area contributed by atoms with E-state index in [0.29, 0.717) is 18.4 Å². The first-order valence-corrected chi connectivity index (χ1v) is 12.6. The van der Waals surface area contributed by atoms with E-state index in [1.165, 1.54) is 19.1 Å². The molecule has 1 aromatic rings. The number of unbranched alkanes of at least 4 members (excludes halogenated alkanes) is 4. The van der Waals surface area contributed by atoms with Crippen molar-refractivity contribution in [3.63, 3.8) is 0 Å². The van der Waals surface area contributed by atoms with Gasteiger partial charge in [-0.3, -0.25) is 9.59 Å². The molecular weight excluding hydrogens is 486 g/mol. The molecule has 0 unspecified atom stereocenters. The minimum atomic E-state index is -1.05. The Balaban J connectivity index is 2.86. The van der Waals surface area contributed by atoms with Crippen LogP contribution in [0.2, 0.25) is 0 Å². The molecule has 1 rings (SSSR count). The summed E-state index contributed by atoms with van der Waals surface area (Å²) in [4.78, 5) is 47.5. The van der Waals surface area contributed by atoms with Crippen LogP contribution < -0.4 is 15.2 Å². The SMILES string of the molecule is CCCCCOC(=O)Oc1ccc(C[C@H](N)C(=O)OC[C@H](C)OC(C)=O)cc1OC(=O)OCCCCC. The largest absolute Gasteiger partial charge is 0.513 e. The van der Waals surface area contributed by atoms with Crippen LogP contribution >= 0.6 is 0 Å². The van der Waals surface area contributed by atoms with Gasteiger partial charge in [-0.05, 0) is 43.9 Å². The van der Waals surface area contributed by atoms with Gasteiger partial charge < -0.3 is 34.2 Å². The first-order valence-electron chi connectivity index (χ1n) is 12.6. The molecule has 0 aliphatic carbocycles. The number of nitrogens with two attached hydrogens (primary N) is 1. The molecule has 11 nitrogen and oxygen atoms in total. The van der Waals surface area contributed by atoms with Crippen LogP contribution in [0.1, 0.15) is 71.8 Å². The molecule has 0 fully saturated rings. The first kappa shape index (κ1) is 31.7. The van der Waals surface area contributed by atoms with Crippen molar-refractivity contribution < 1.29 is 47.6 Å². The van der Waals surface area contributed by atoms with Crippen molar-refractivity contribution >= 4 is 24.2 Å². The van der Waals surface area contributed by atoms with E-state index in [2.05, 4.69) is 0 Å². The molecule has 0 bridgehead atoms. The van der Waals surface area contributed by atoms with Gasteiger partial charge in [-0.1, -0.05) is 45.6 Å². The van der Waals surface area contributed by atoms with Crippen LogP contribution in [0.3, 0.4) is 0 Å². The van der Waals surface area contributed by atoms with Gasteiger partial charge in [0.1, 0.15) is 18.8 Å². The highest BCUT2D eigenvalue weighted by atomic mass is 16.7. The Hall–Kier alpha value is -3.34. The highest BCUT2D eigenvalue weighted by Crippen LogP contribution is 2.30. The molecule has 0 heterocycles. The Kier molecular flexibility index (Phi) is 15.4.